The van der Waals surface area contributed by atoms with Crippen LogP contribution in [-0.2, 0) is 20.8 Å². The number of nitrogens with two attached hydrogens (primary N) is 2. The lowest BCUT2D eigenvalue weighted by atomic mass is 10.0. The summed E-state index contributed by atoms with van der Waals surface area (Å²) in [5.41, 5.74) is 11.9. The molecule has 4 atom stereocenters. The molecular weight excluding hydrogens is 452 g/mol. The number of carbonyl (C=O) groups is 4. The first kappa shape index (κ1) is 27.4. The molecule has 35 heavy (non-hydrogen) atoms. The fourth-order valence-corrected chi connectivity index (χ4v) is 4.10. The van der Waals surface area contributed by atoms with Crippen LogP contribution in [-0.4, -0.2) is 71.9 Å². The lowest BCUT2D eigenvalue weighted by Crippen LogP contribution is -2.62. The summed E-state index contributed by atoms with van der Waals surface area (Å²) in [6, 6.07) is 5.41. The van der Waals surface area contributed by atoms with Gasteiger partial charge in [-0.05, 0) is 24.8 Å². The summed E-state index contributed by atoms with van der Waals surface area (Å²) < 4.78 is 0. The third-order valence-electron chi connectivity index (χ3n) is 5.71. The summed E-state index contributed by atoms with van der Waals surface area (Å²) in [7, 11) is 0. The molecule has 1 fully saturated rings. The summed E-state index contributed by atoms with van der Waals surface area (Å²) in [4.78, 5) is 52.7. The first-order chi connectivity index (χ1) is 16.6. The normalized spacial score (nSPS) is 22.2. The zero-order valence-corrected chi connectivity index (χ0v) is 20.2. The number of carbonyl (C=O) groups excluding carboxylic acids is 4. The Bertz CT molecular complexity index is 910. The second-order valence-corrected chi connectivity index (χ2v) is 8.59. The van der Waals surface area contributed by atoms with Gasteiger partial charge in [-0.3, -0.25) is 19.8 Å². The average Bonchev–Trinajstić information content (AvgIpc) is 2.81. The van der Waals surface area contributed by atoms with E-state index >= 15 is 0 Å². The van der Waals surface area contributed by atoms with Gasteiger partial charge in [0.15, 0.2) is 5.96 Å². The van der Waals surface area contributed by atoms with E-state index in [-0.39, 0.29) is 18.4 Å². The minimum absolute atomic E-state index is 0.00979. The highest BCUT2D eigenvalue weighted by molar-refractivity contribution is 5.93. The van der Waals surface area contributed by atoms with E-state index in [9.17, 15) is 19.2 Å². The first-order valence-corrected chi connectivity index (χ1v) is 11.7. The second kappa shape index (κ2) is 13.2. The number of nitrogens with one attached hydrogen (secondary N) is 5. The number of guanidine groups is 1. The maximum absolute atomic E-state index is 13.6. The smallest absolute Gasteiger partial charge is 0.316 e. The maximum Gasteiger partial charge on any atom is 0.316 e. The predicted octanol–water partition coefficient (Wildman–Crippen LogP) is -0.860. The third kappa shape index (κ3) is 8.47. The quantitative estimate of drug-likeness (QED) is 0.174. The van der Waals surface area contributed by atoms with Crippen LogP contribution in [0, 0.1) is 5.41 Å². The summed E-state index contributed by atoms with van der Waals surface area (Å²) >= 11 is 0. The Labute approximate surface area is 205 Å². The van der Waals surface area contributed by atoms with Crippen LogP contribution in [0.4, 0.5) is 4.79 Å². The van der Waals surface area contributed by atoms with Gasteiger partial charge in [0, 0.05) is 6.54 Å². The van der Waals surface area contributed by atoms with E-state index in [2.05, 4.69) is 21.3 Å². The van der Waals surface area contributed by atoms with Crippen molar-refractivity contribution >= 4 is 29.7 Å². The molecule has 0 aromatic heterocycles. The summed E-state index contributed by atoms with van der Waals surface area (Å²) in [5.74, 6) is -2.08. The van der Waals surface area contributed by atoms with Crippen molar-refractivity contribution in [2.75, 3.05) is 13.1 Å². The molecule has 12 nitrogen and oxygen atoms in total. The fraction of sp³-hybridized carbons (Fsp3) is 0.522. The van der Waals surface area contributed by atoms with E-state index in [1.807, 2.05) is 37.3 Å². The van der Waals surface area contributed by atoms with Crippen molar-refractivity contribution in [3.8, 4) is 0 Å². The highest BCUT2D eigenvalue weighted by Gasteiger charge is 2.36. The highest BCUT2D eigenvalue weighted by Crippen LogP contribution is 2.11. The summed E-state index contributed by atoms with van der Waals surface area (Å²) in [6.07, 6.45) is 1.76. The zero-order chi connectivity index (χ0) is 26.0. The van der Waals surface area contributed by atoms with Crippen molar-refractivity contribution in [2.24, 2.45) is 11.5 Å². The largest absolute Gasteiger partial charge is 0.370 e. The minimum atomic E-state index is -1.17. The highest BCUT2D eigenvalue weighted by atomic mass is 16.2. The van der Waals surface area contributed by atoms with Crippen molar-refractivity contribution in [2.45, 2.75) is 63.7 Å². The van der Waals surface area contributed by atoms with Gasteiger partial charge in [-0.2, -0.15) is 0 Å². The molecule has 1 aliphatic rings. The van der Waals surface area contributed by atoms with Crippen LogP contribution in [0.2, 0.25) is 0 Å². The summed E-state index contributed by atoms with van der Waals surface area (Å²) in [6.45, 7) is 3.24. The molecule has 1 aromatic rings. The van der Waals surface area contributed by atoms with Gasteiger partial charge in [0.1, 0.15) is 12.1 Å². The van der Waals surface area contributed by atoms with E-state index in [4.69, 9.17) is 16.9 Å². The molecule has 9 N–H and O–H groups in total. The van der Waals surface area contributed by atoms with E-state index in [0.717, 1.165) is 5.56 Å². The minimum Gasteiger partial charge on any atom is -0.370 e. The van der Waals surface area contributed by atoms with Crippen LogP contribution >= 0.6 is 0 Å². The van der Waals surface area contributed by atoms with Gasteiger partial charge in [0.05, 0.1) is 18.6 Å². The van der Waals surface area contributed by atoms with Gasteiger partial charge in [0.25, 0.3) is 0 Å². The van der Waals surface area contributed by atoms with Crippen molar-refractivity contribution in [1.29, 1.82) is 5.41 Å². The Morgan fingerprint density at radius 3 is 2.40 bits per heavy atom. The van der Waals surface area contributed by atoms with Crippen molar-refractivity contribution in [3.05, 3.63) is 35.9 Å². The molecule has 192 valence electrons. The number of hydrogen-bond donors (Lipinski definition) is 7. The molecule has 4 unspecified atom stereocenters. The molecule has 12 heteroatoms. The van der Waals surface area contributed by atoms with Gasteiger partial charge in [-0.25, -0.2) is 4.79 Å². The van der Waals surface area contributed by atoms with Gasteiger partial charge in [-0.15, -0.1) is 0 Å². The molecule has 0 spiro atoms. The topological polar surface area (TPSA) is 196 Å². The molecule has 0 bridgehead atoms. The molecule has 1 heterocycles. The standard InChI is InChI=1S/C23H36N8O4/c1-3-8-17-20(33)27-15(11-14-9-6-5-7-10-14)12-31(13-18(24)32)21(34)19(30-23(35)29-17)16(4-2)28-22(25)26/h5-7,9-10,15-17,19H,3-4,8,11-13H2,1-2H3,(H2,24,32)(H,27,33)(H4,25,26,28)(H2,29,30,35). The first-order valence-electron chi connectivity index (χ1n) is 11.7. The van der Waals surface area contributed by atoms with Crippen LogP contribution in [0.25, 0.3) is 0 Å². The number of primary amides is 1. The van der Waals surface area contributed by atoms with E-state index in [1.165, 1.54) is 4.90 Å². The van der Waals surface area contributed by atoms with Gasteiger partial charge in [-0.1, -0.05) is 50.6 Å². The predicted molar refractivity (Wildman–Crippen MR) is 131 cm³/mol. The van der Waals surface area contributed by atoms with Crippen LogP contribution in [0.15, 0.2) is 30.3 Å². The van der Waals surface area contributed by atoms with E-state index < -0.39 is 48.6 Å². The monoisotopic (exact) mass is 488 g/mol. The maximum atomic E-state index is 13.6. The van der Waals surface area contributed by atoms with Gasteiger partial charge < -0.3 is 37.6 Å². The molecule has 0 aliphatic carbocycles. The molecule has 1 saturated heterocycles. The molecule has 0 saturated carbocycles. The van der Waals surface area contributed by atoms with Crippen LogP contribution in [0.3, 0.4) is 0 Å². The molecule has 0 radical (unpaired) electrons. The Kier molecular flexibility index (Phi) is 10.3. The molecule has 1 aromatic carbocycles. The summed E-state index contributed by atoms with van der Waals surface area (Å²) in [5, 5.41) is 18.5. The van der Waals surface area contributed by atoms with Crippen molar-refractivity contribution < 1.29 is 19.2 Å². The molecule has 1 aliphatic heterocycles. The third-order valence-corrected chi connectivity index (χ3v) is 5.71. The Hall–Kier alpha value is -3.83. The number of hydrogen-bond acceptors (Lipinski definition) is 5. The van der Waals surface area contributed by atoms with Crippen LogP contribution < -0.4 is 32.7 Å². The van der Waals surface area contributed by atoms with Crippen LogP contribution in [0.1, 0.15) is 38.7 Å². The van der Waals surface area contributed by atoms with Gasteiger partial charge in [0.2, 0.25) is 17.7 Å². The number of urea groups is 1. The van der Waals surface area contributed by atoms with E-state index in [0.29, 0.717) is 25.7 Å². The SMILES string of the molecule is CCCC1NC(=O)NC(C(CC)NC(=N)N)C(=O)N(CC(N)=O)CC(Cc2ccccc2)NC1=O. The van der Waals surface area contributed by atoms with Crippen LogP contribution in [0.5, 0.6) is 0 Å². The number of nitrogens with zero attached hydrogens (tertiary/aromatic N) is 1. The average molecular weight is 489 g/mol. The second-order valence-electron chi connectivity index (χ2n) is 8.59. The molecular formula is C23H36N8O4. The fourth-order valence-electron chi connectivity index (χ4n) is 4.10. The van der Waals surface area contributed by atoms with E-state index in [1.54, 1.807) is 6.92 Å². The molecule has 5 amide bonds. The molecule has 2 rings (SSSR count). The van der Waals surface area contributed by atoms with Gasteiger partial charge >= 0.3 is 6.03 Å². The number of amides is 5. The number of rotatable bonds is 9. The van der Waals surface area contributed by atoms with Crippen molar-refractivity contribution in [1.82, 2.24) is 26.2 Å². The Balaban J connectivity index is 2.49. The lowest BCUT2D eigenvalue weighted by molar-refractivity contribution is -0.138. The Morgan fingerprint density at radius 1 is 1.14 bits per heavy atom. The van der Waals surface area contributed by atoms with Crippen molar-refractivity contribution in [3.63, 3.8) is 0 Å². The lowest BCUT2D eigenvalue weighted by Gasteiger charge is -2.33. The zero-order valence-electron chi connectivity index (χ0n) is 20.2. The number of benzene rings is 1. The Morgan fingerprint density at radius 2 is 1.83 bits per heavy atom.